The van der Waals surface area contributed by atoms with E-state index in [1.54, 1.807) is 0 Å². The van der Waals surface area contributed by atoms with Gasteiger partial charge in [-0.25, -0.2) is 0 Å². The van der Waals surface area contributed by atoms with E-state index in [0.717, 1.165) is 24.2 Å². The molecule has 1 aromatic rings. The lowest BCUT2D eigenvalue weighted by molar-refractivity contribution is 0.224. The predicted molar refractivity (Wildman–Crippen MR) is 70.2 cm³/mol. The van der Waals surface area contributed by atoms with Crippen molar-refractivity contribution in [3.8, 4) is 5.75 Å². The molecular formula is C13H19ClN2O. The molecule has 0 bridgehead atoms. The summed E-state index contributed by atoms with van der Waals surface area (Å²) in [6, 6.07) is 6.14. The Morgan fingerprint density at radius 3 is 2.71 bits per heavy atom. The molecule has 1 unspecified atom stereocenters. The highest BCUT2D eigenvalue weighted by Gasteiger charge is 2.31. The molecule has 1 aliphatic carbocycles. The smallest absolute Gasteiger partial charge is 0.137 e. The zero-order valence-electron chi connectivity index (χ0n) is 10.0. The van der Waals surface area contributed by atoms with Crippen molar-refractivity contribution in [2.75, 3.05) is 6.61 Å². The number of ether oxygens (including phenoxy) is 1. The molecule has 1 saturated carbocycles. The van der Waals surface area contributed by atoms with E-state index in [0.29, 0.717) is 23.6 Å². The molecule has 4 N–H and O–H groups in total. The van der Waals surface area contributed by atoms with Gasteiger partial charge in [-0.3, -0.25) is 0 Å². The van der Waals surface area contributed by atoms with Crippen LogP contribution in [0.4, 0.5) is 0 Å². The second kappa shape index (κ2) is 5.25. The first kappa shape index (κ1) is 12.7. The molecule has 0 heterocycles. The summed E-state index contributed by atoms with van der Waals surface area (Å²) in [5.41, 5.74) is 13.0. The van der Waals surface area contributed by atoms with Crippen LogP contribution >= 0.6 is 11.6 Å². The van der Waals surface area contributed by atoms with Crippen LogP contribution < -0.4 is 16.2 Å². The average Bonchev–Trinajstić information content (AvgIpc) is 2.27. The van der Waals surface area contributed by atoms with E-state index in [-0.39, 0.29) is 6.04 Å². The quantitative estimate of drug-likeness (QED) is 0.868. The Hall–Kier alpha value is -0.770. The van der Waals surface area contributed by atoms with Gasteiger partial charge in [0.05, 0.1) is 11.6 Å². The van der Waals surface area contributed by atoms with Crippen LogP contribution in [0.3, 0.4) is 0 Å². The van der Waals surface area contributed by atoms with Crippen molar-refractivity contribution in [2.45, 2.75) is 31.8 Å². The third-order valence-corrected chi connectivity index (χ3v) is 3.65. The fraction of sp³-hybridized carbons (Fsp3) is 0.538. The van der Waals surface area contributed by atoms with Crippen molar-refractivity contribution >= 4 is 11.6 Å². The lowest BCUT2D eigenvalue weighted by atomic mass is 9.74. The lowest BCUT2D eigenvalue weighted by Gasteiger charge is -2.37. The van der Waals surface area contributed by atoms with E-state index in [1.165, 1.54) is 0 Å². The third kappa shape index (κ3) is 2.73. The summed E-state index contributed by atoms with van der Waals surface area (Å²) < 4.78 is 5.40. The second-order valence-electron chi connectivity index (χ2n) is 4.64. The first-order chi connectivity index (χ1) is 8.11. The fourth-order valence-corrected chi connectivity index (χ4v) is 2.51. The summed E-state index contributed by atoms with van der Waals surface area (Å²) >= 11 is 6.14. The Morgan fingerprint density at radius 2 is 2.18 bits per heavy atom. The summed E-state index contributed by atoms with van der Waals surface area (Å²) in [6.45, 7) is 2.55. The van der Waals surface area contributed by atoms with E-state index >= 15 is 0 Å². The maximum absolute atomic E-state index is 6.20. The van der Waals surface area contributed by atoms with Crippen LogP contribution in [-0.2, 0) is 0 Å². The Morgan fingerprint density at radius 1 is 1.47 bits per heavy atom. The fourth-order valence-electron chi connectivity index (χ4n) is 2.27. The summed E-state index contributed by atoms with van der Waals surface area (Å²) in [5, 5.41) is 0.628. The van der Waals surface area contributed by atoms with Gasteiger partial charge in [-0.2, -0.15) is 0 Å². The van der Waals surface area contributed by atoms with Gasteiger partial charge in [-0.15, -0.1) is 0 Å². The largest absolute Gasteiger partial charge is 0.492 e. The zero-order chi connectivity index (χ0) is 12.4. The summed E-state index contributed by atoms with van der Waals surface area (Å²) in [5.74, 6) is 1.20. The van der Waals surface area contributed by atoms with E-state index < -0.39 is 0 Å². The van der Waals surface area contributed by atoms with E-state index in [4.69, 9.17) is 27.8 Å². The standard InChI is InChI=1S/C13H19ClN2O/c1-2-17-12-4-3-8(7-11(12)14)13(16)9-5-10(15)6-9/h3-4,7,9-10,13H,2,5-6,15-16H2,1H3. The molecule has 0 aliphatic heterocycles. The normalized spacial score (nSPS) is 25.2. The van der Waals surface area contributed by atoms with Crippen molar-refractivity contribution in [2.24, 2.45) is 17.4 Å². The van der Waals surface area contributed by atoms with E-state index in [9.17, 15) is 0 Å². The van der Waals surface area contributed by atoms with Gasteiger partial charge in [0.2, 0.25) is 0 Å². The van der Waals surface area contributed by atoms with Crippen molar-refractivity contribution in [3.63, 3.8) is 0 Å². The van der Waals surface area contributed by atoms with Gasteiger partial charge < -0.3 is 16.2 Å². The van der Waals surface area contributed by atoms with Crippen molar-refractivity contribution in [3.05, 3.63) is 28.8 Å². The molecule has 17 heavy (non-hydrogen) atoms. The minimum atomic E-state index is 0.0305. The van der Waals surface area contributed by atoms with Crippen LogP contribution in [0.15, 0.2) is 18.2 Å². The molecule has 4 heteroatoms. The molecule has 0 radical (unpaired) electrons. The summed E-state index contributed by atoms with van der Waals surface area (Å²) in [7, 11) is 0. The SMILES string of the molecule is CCOc1ccc(C(N)C2CC(N)C2)cc1Cl. The number of rotatable bonds is 4. The van der Waals surface area contributed by atoms with Crippen molar-refractivity contribution < 1.29 is 4.74 Å². The molecule has 1 aliphatic rings. The molecule has 1 atom stereocenters. The van der Waals surface area contributed by atoms with E-state index in [1.807, 2.05) is 25.1 Å². The summed E-state index contributed by atoms with van der Waals surface area (Å²) in [4.78, 5) is 0. The topological polar surface area (TPSA) is 61.3 Å². The highest BCUT2D eigenvalue weighted by molar-refractivity contribution is 6.32. The minimum Gasteiger partial charge on any atom is -0.492 e. The van der Waals surface area contributed by atoms with Crippen LogP contribution in [0.1, 0.15) is 31.4 Å². The minimum absolute atomic E-state index is 0.0305. The molecule has 0 amide bonds. The van der Waals surface area contributed by atoms with Crippen LogP contribution in [-0.4, -0.2) is 12.6 Å². The molecule has 2 rings (SSSR count). The Kier molecular flexibility index (Phi) is 3.92. The maximum Gasteiger partial charge on any atom is 0.137 e. The van der Waals surface area contributed by atoms with Gasteiger partial charge in [0.1, 0.15) is 5.75 Å². The highest BCUT2D eigenvalue weighted by atomic mass is 35.5. The van der Waals surface area contributed by atoms with Crippen LogP contribution in [0.5, 0.6) is 5.75 Å². The van der Waals surface area contributed by atoms with Crippen LogP contribution in [0.2, 0.25) is 5.02 Å². The predicted octanol–water partition coefficient (Wildman–Crippen LogP) is 2.48. The number of hydrogen-bond acceptors (Lipinski definition) is 3. The molecule has 1 fully saturated rings. The first-order valence-corrected chi connectivity index (χ1v) is 6.43. The molecule has 94 valence electrons. The number of halogens is 1. The van der Waals surface area contributed by atoms with Crippen molar-refractivity contribution in [1.82, 2.24) is 0 Å². The van der Waals surface area contributed by atoms with Gasteiger partial charge in [-0.1, -0.05) is 17.7 Å². The molecule has 0 saturated heterocycles. The third-order valence-electron chi connectivity index (χ3n) is 3.36. The number of benzene rings is 1. The van der Waals surface area contributed by atoms with Gasteiger partial charge in [-0.05, 0) is 43.4 Å². The van der Waals surface area contributed by atoms with Gasteiger partial charge in [0.25, 0.3) is 0 Å². The number of hydrogen-bond donors (Lipinski definition) is 2. The molecular weight excluding hydrogens is 236 g/mol. The van der Waals surface area contributed by atoms with Crippen molar-refractivity contribution in [1.29, 1.82) is 0 Å². The molecule has 1 aromatic carbocycles. The molecule has 0 aromatic heterocycles. The number of nitrogens with two attached hydrogens (primary N) is 2. The molecule has 0 spiro atoms. The van der Waals surface area contributed by atoms with Crippen LogP contribution in [0.25, 0.3) is 0 Å². The Labute approximate surface area is 107 Å². The van der Waals surface area contributed by atoms with Gasteiger partial charge in [0, 0.05) is 12.1 Å². The molecule has 3 nitrogen and oxygen atoms in total. The highest BCUT2D eigenvalue weighted by Crippen LogP contribution is 2.37. The Bertz CT molecular complexity index is 391. The second-order valence-corrected chi connectivity index (χ2v) is 5.05. The average molecular weight is 255 g/mol. The Balaban J connectivity index is 2.08. The first-order valence-electron chi connectivity index (χ1n) is 6.05. The summed E-state index contributed by atoms with van der Waals surface area (Å²) in [6.07, 6.45) is 2.01. The van der Waals surface area contributed by atoms with Gasteiger partial charge >= 0.3 is 0 Å². The van der Waals surface area contributed by atoms with Crippen LogP contribution in [0, 0.1) is 5.92 Å². The lowest BCUT2D eigenvalue weighted by Crippen LogP contribution is -2.41. The van der Waals surface area contributed by atoms with E-state index in [2.05, 4.69) is 0 Å². The zero-order valence-corrected chi connectivity index (χ0v) is 10.8. The van der Waals surface area contributed by atoms with Gasteiger partial charge in [0.15, 0.2) is 0 Å². The maximum atomic E-state index is 6.20. The monoisotopic (exact) mass is 254 g/mol.